The van der Waals surface area contributed by atoms with Crippen LogP contribution in [0.5, 0.6) is 11.5 Å². The molecule has 0 bridgehead atoms. The van der Waals surface area contributed by atoms with E-state index in [0.29, 0.717) is 41.4 Å². The van der Waals surface area contributed by atoms with Crippen molar-refractivity contribution < 1.29 is 14.3 Å². The van der Waals surface area contributed by atoms with E-state index in [0.717, 1.165) is 40.2 Å². The number of hydrogen-bond donors (Lipinski definition) is 2. The summed E-state index contributed by atoms with van der Waals surface area (Å²) < 4.78 is 13.5. The lowest BCUT2D eigenvalue weighted by atomic mass is 9.94. The molecule has 2 N–H and O–H groups in total. The molecule has 4 rings (SSSR count). The van der Waals surface area contributed by atoms with Crippen LogP contribution in [0.15, 0.2) is 52.8 Å². The number of nitrogens with one attached hydrogen (secondary N) is 2. The van der Waals surface area contributed by atoms with Gasteiger partial charge < -0.3 is 20.1 Å². The number of benzene rings is 2. The molecular weight excluding hydrogens is 486 g/mol. The Hall–Kier alpha value is -3.46. The van der Waals surface area contributed by atoms with Crippen LogP contribution in [0.2, 0.25) is 0 Å². The molecule has 1 aliphatic heterocycles. The monoisotopic (exact) mass is 521 g/mol. The van der Waals surface area contributed by atoms with Crippen molar-refractivity contribution in [1.82, 2.24) is 14.8 Å². The largest absolute Gasteiger partial charge is 0.490 e. The maximum Gasteiger partial charge on any atom is 0.255 e. The number of carbonyl (C=O) groups excluding carboxylic acids is 1. The number of fused-ring (bicyclic) bond motifs is 1. The molecule has 0 saturated carbocycles. The van der Waals surface area contributed by atoms with Gasteiger partial charge in [0.05, 0.1) is 18.8 Å². The molecule has 37 heavy (non-hydrogen) atoms. The van der Waals surface area contributed by atoms with Gasteiger partial charge in [0.2, 0.25) is 11.1 Å². The fourth-order valence-corrected chi connectivity index (χ4v) is 5.05. The van der Waals surface area contributed by atoms with Gasteiger partial charge in [-0.2, -0.15) is 4.98 Å². The molecule has 2 aromatic carbocycles. The van der Waals surface area contributed by atoms with Crippen LogP contribution < -0.4 is 20.1 Å². The molecule has 0 saturated heterocycles. The zero-order valence-electron chi connectivity index (χ0n) is 22.3. The van der Waals surface area contributed by atoms with Gasteiger partial charge in [0.25, 0.3) is 5.91 Å². The van der Waals surface area contributed by atoms with Gasteiger partial charge in [0, 0.05) is 17.1 Å². The summed E-state index contributed by atoms with van der Waals surface area (Å²) in [5.74, 6) is 2.63. The summed E-state index contributed by atoms with van der Waals surface area (Å²) in [6.45, 7) is 13.0. The van der Waals surface area contributed by atoms with Gasteiger partial charge in [-0.05, 0) is 70.4 Å². The smallest absolute Gasteiger partial charge is 0.255 e. The summed E-state index contributed by atoms with van der Waals surface area (Å²) in [7, 11) is 0. The highest BCUT2D eigenvalue weighted by Gasteiger charge is 2.35. The van der Waals surface area contributed by atoms with Crippen LogP contribution >= 0.6 is 11.8 Å². The third-order valence-electron chi connectivity index (χ3n) is 6.03. The first-order chi connectivity index (χ1) is 17.9. The standard InChI is InChI=1S/C28H35N5O3S/c1-7-14-37-28-31-27-29-19(6)24(26(34)30-21-12-10-17(4)15-18(21)5)25(33(27)32-28)20-11-13-22(35-8-2)23(16-20)36-9-3/h10-13,15-16,25H,7-9,14H2,1-6H3,(H,30,34)(H,29,31,32). The molecule has 0 fully saturated rings. The zero-order chi connectivity index (χ0) is 26.5. The first-order valence-corrected chi connectivity index (χ1v) is 13.7. The van der Waals surface area contributed by atoms with Crippen molar-refractivity contribution in [2.24, 2.45) is 0 Å². The number of anilines is 2. The number of hydrogen-bond acceptors (Lipinski definition) is 7. The lowest BCUT2D eigenvalue weighted by molar-refractivity contribution is -0.113. The predicted molar refractivity (Wildman–Crippen MR) is 149 cm³/mol. The summed E-state index contributed by atoms with van der Waals surface area (Å²) in [5.41, 5.74) is 5.08. The van der Waals surface area contributed by atoms with Crippen LogP contribution in [0.4, 0.5) is 11.6 Å². The van der Waals surface area contributed by atoms with Crippen LogP contribution in [0.3, 0.4) is 0 Å². The topological polar surface area (TPSA) is 90.3 Å². The molecular formula is C28H35N5O3S. The molecule has 2 heterocycles. The summed E-state index contributed by atoms with van der Waals surface area (Å²) in [6.07, 6.45) is 1.02. The van der Waals surface area contributed by atoms with Gasteiger partial charge in [-0.15, -0.1) is 5.10 Å². The molecule has 196 valence electrons. The van der Waals surface area contributed by atoms with Crippen LogP contribution in [0.25, 0.3) is 0 Å². The lowest BCUT2D eigenvalue weighted by Crippen LogP contribution is -2.31. The van der Waals surface area contributed by atoms with Crippen molar-refractivity contribution in [2.45, 2.75) is 59.2 Å². The molecule has 1 aliphatic rings. The van der Waals surface area contributed by atoms with E-state index in [1.54, 1.807) is 16.4 Å². The van der Waals surface area contributed by atoms with E-state index in [-0.39, 0.29) is 5.91 Å². The first-order valence-electron chi connectivity index (χ1n) is 12.7. The van der Waals surface area contributed by atoms with Crippen molar-refractivity contribution in [3.8, 4) is 11.5 Å². The number of amides is 1. The quantitative estimate of drug-likeness (QED) is 0.311. The van der Waals surface area contributed by atoms with E-state index >= 15 is 0 Å². The van der Waals surface area contributed by atoms with Crippen molar-refractivity contribution >= 4 is 29.3 Å². The first kappa shape index (κ1) is 26.6. The summed E-state index contributed by atoms with van der Waals surface area (Å²) in [5, 5.41) is 11.9. The second-order valence-electron chi connectivity index (χ2n) is 8.92. The lowest BCUT2D eigenvalue weighted by Gasteiger charge is -2.29. The van der Waals surface area contributed by atoms with Crippen molar-refractivity contribution in [3.63, 3.8) is 0 Å². The highest BCUT2D eigenvalue weighted by atomic mass is 32.2. The number of allylic oxidation sites excluding steroid dienone is 1. The van der Waals surface area contributed by atoms with Gasteiger partial charge in [-0.25, -0.2) is 4.68 Å². The highest BCUT2D eigenvalue weighted by Crippen LogP contribution is 2.40. The molecule has 3 aromatic rings. The molecule has 1 unspecified atom stereocenters. The molecule has 8 nitrogen and oxygen atoms in total. The van der Waals surface area contributed by atoms with Crippen molar-refractivity contribution in [2.75, 3.05) is 29.6 Å². The Morgan fingerprint density at radius 2 is 1.81 bits per heavy atom. The van der Waals surface area contributed by atoms with Gasteiger partial charge in [-0.1, -0.05) is 42.4 Å². The fraction of sp³-hybridized carbons (Fsp3) is 0.393. The second-order valence-corrected chi connectivity index (χ2v) is 9.98. The summed E-state index contributed by atoms with van der Waals surface area (Å²) in [4.78, 5) is 18.5. The molecule has 1 atom stereocenters. The predicted octanol–water partition coefficient (Wildman–Crippen LogP) is 6.12. The van der Waals surface area contributed by atoms with Gasteiger partial charge in [0.1, 0.15) is 6.04 Å². The maximum atomic E-state index is 13.8. The van der Waals surface area contributed by atoms with E-state index < -0.39 is 6.04 Å². The third kappa shape index (κ3) is 5.77. The van der Waals surface area contributed by atoms with Crippen LogP contribution in [0, 0.1) is 13.8 Å². The van der Waals surface area contributed by atoms with E-state index in [4.69, 9.17) is 19.6 Å². The number of ether oxygens (including phenoxy) is 2. The number of aromatic nitrogens is 3. The minimum Gasteiger partial charge on any atom is -0.490 e. The normalized spacial score (nSPS) is 14.7. The molecule has 0 aliphatic carbocycles. The van der Waals surface area contributed by atoms with Gasteiger partial charge in [-0.3, -0.25) is 4.79 Å². The fourth-order valence-electron chi connectivity index (χ4n) is 4.37. The third-order valence-corrected chi connectivity index (χ3v) is 7.07. The number of thioether (sulfide) groups is 1. The Balaban J connectivity index is 1.80. The van der Waals surface area contributed by atoms with Crippen molar-refractivity contribution in [3.05, 3.63) is 64.4 Å². The van der Waals surface area contributed by atoms with Crippen LogP contribution in [-0.2, 0) is 4.79 Å². The van der Waals surface area contributed by atoms with E-state index in [1.807, 2.05) is 65.0 Å². The Morgan fingerprint density at radius 3 is 2.51 bits per heavy atom. The minimum atomic E-state index is -0.500. The maximum absolute atomic E-state index is 13.8. The average Bonchev–Trinajstić information content (AvgIpc) is 3.27. The molecule has 1 aromatic heterocycles. The Labute approximate surface area is 222 Å². The number of carbonyl (C=O) groups is 1. The van der Waals surface area contributed by atoms with Gasteiger partial charge >= 0.3 is 0 Å². The second kappa shape index (κ2) is 11.7. The summed E-state index contributed by atoms with van der Waals surface area (Å²) in [6, 6.07) is 11.3. The Bertz CT molecular complexity index is 1320. The molecule has 0 radical (unpaired) electrons. The van der Waals surface area contributed by atoms with Crippen LogP contribution in [-0.4, -0.2) is 39.6 Å². The Morgan fingerprint density at radius 1 is 1.05 bits per heavy atom. The molecule has 1 amide bonds. The molecule has 9 heteroatoms. The number of aryl methyl sites for hydroxylation is 2. The van der Waals surface area contributed by atoms with Gasteiger partial charge in [0.15, 0.2) is 11.5 Å². The Kier molecular flexibility index (Phi) is 8.43. The SMILES string of the molecule is CCCSc1nc2n(n1)C(c1ccc(OCC)c(OCC)c1)C(C(=O)Nc1ccc(C)cc1C)=C(C)N2. The summed E-state index contributed by atoms with van der Waals surface area (Å²) >= 11 is 1.60. The van der Waals surface area contributed by atoms with E-state index in [9.17, 15) is 4.79 Å². The average molecular weight is 522 g/mol. The number of nitrogens with zero attached hydrogens (tertiary/aromatic N) is 3. The van der Waals surface area contributed by atoms with E-state index in [1.165, 1.54) is 0 Å². The zero-order valence-corrected chi connectivity index (χ0v) is 23.2. The molecule has 0 spiro atoms. The van der Waals surface area contributed by atoms with E-state index in [2.05, 4.69) is 23.6 Å². The number of rotatable bonds is 10. The van der Waals surface area contributed by atoms with Crippen LogP contribution in [0.1, 0.15) is 56.8 Å². The minimum absolute atomic E-state index is 0.197. The van der Waals surface area contributed by atoms with Crippen molar-refractivity contribution in [1.29, 1.82) is 0 Å². The highest BCUT2D eigenvalue weighted by molar-refractivity contribution is 7.99.